The zero-order chi connectivity index (χ0) is 14.6. The number of anilines is 1. The zero-order valence-electron chi connectivity index (χ0n) is 9.12. The van der Waals surface area contributed by atoms with Crippen LogP contribution < -0.4 is 10.1 Å². The summed E-state index contributed by atoms with van der Waals surface area (Å²) >= 11 is 5.59. The van der Waals surface area contributed by atoms with Crippen LogP contribution in [0.3, 0.4) is 0 Å². The molecule has 9 heteroatoms. The second kappa shape index (κ2) is 5.79. The highest BCUT2D eigenvalue weighted by Gasteiger charge is 2.29. The van der Waals surface area contributed by atoms with E-state index in [1.54, 1.807) is 0 Å². The van der Waals surface area contributed by atoms with E-state index in [2.05, 4.69) is 4.74 Å². The first-order valence-corrected chi connectivity index (χ1v) is 5.10. The van der Waals surface area contributed by atoms with Gasteiger partial charge in [0.1, 0.15) is 5.75 Å². The Morgan fingerprint density at radius 1 is 1.37 bits per heavy atom. The van der Waals surface area contributed by atoms with Gasteiger partial charge in [-0.3, -0.25) is 4.79 Å². The number of nitrogens with one attached hydrogen (secondary N) is 1. The molecule has 104 valence electrons. The van der Waals surface area contributed by atoms with Crippen molar-refractivity contribution < 1.29 is 32.6 Å². The highest BCUT2D eigenvalue weighted by Crippen LogP contribution is 2.29. The number of carbonyl (C=O) groups is 2. The van der Waals surface area contributed by atoms with Crippen molar-refractivity contribution in [3.05, 3.63) is 23.2 Å². The molecule has 1 aromatic carbocycles. The van der Waals surface area contributed by atoms with E-state index in [0.29, 0.717) is 0 Å². The number of benzene rings is 1. The second-order valence-electron chi connectivity index (χ2n) is 3.30. The summed E-state index contributed by atoms with van der Waals surface area (Å²) in [5.41, 5.74) is -0.260. The quantitative estimate of drug-likeness (QED) is 0.840. The molecule has 0 aliphatic heterocycles. The summed E-state index contributed by atoms with van der Waals surface area (Å²) in [7, 11) is 0. The molecule has 0 atom stereocenters. The minimum atomic E-state index is -4.56. The summed E-state index contributed by atoms with van der Waals surface area (Å²) in [6.07, 6.45) is -4.56. The fraction of sp³-hybridized carbons (Fsp3) is 0.200. The van der Waals surface area contributed by atoms with E-state index in [-0.39, 0.29) is 16.5 Å². The lowest BCUT2D eigenvalue weighted by molar-refractivity contribution is -0.153. The van der Waals surface area contributed by atoms with Crippen LogP contribution in [-0.4, -0.2) is 29.8 Å². The lowest BCUT2D eigenvalue weighted by atomic mass is 10.3. The molecule has 0 heterocycles. The fourth-order valence-electron chi connectivity index (χ4n) is 1.06. The smallest absolute Gasteiger partial charge is 0.422 e. The first kappa shape index (κ1) is 15.1. The molecule has 0 saturated heterocycles. The van der Waals surface area contributed by atoms with Gasteiger partial charge in [-0.25, -0.2) is 4.79 Å². The monoisotopic (exact) mass is 297 g/mol. The number of carboxylic acid groups (broad SMARTS) is 1. The predicted molar refractivity (Wildman–Crippen MR) is 59.3 cm³/mol. The summed E-state index contributed by atoms with van der Waals surface area (Å²) in [5, 5.41) is 10.4. The molecule has 0 aliphatic carbocycles. The Kier molecular flexibility index (Phi) is 4.60. The Morgan fingerprint density at radius 2 is 2.00 bits per heavy atom. The molecule has 1 aromatic rings. The molecule has 0 fully saturated rings. The Balaban J connectivity index is 2.91. The number of alkyl halides is 3. The Hall–Kier alpha value is -1.96. The standard InChI is InChI=1S/C10H7ClF3NO4/c11-5-1-2-7(19-4-10(12,13)14)6(3-5)15-8(16)9(17)18/h1-3H,4H2,(H,15,16)(H,17,18). The lowest BCUT2D eigenvalue weighted by Crippen LogP contribution is -2.23. The molecule has 0 saturated carbocycles. The third kappa shape index (κ3) is 5.04. The van der Waals surface area contributed by atoms with Crippen molar-refractivity contribution in [3.63, 3.8) is 0 Å². The molecule has 0 spiro atoms. The average molecular weight is 298 g/mol. The lowest BCUT2D eigenvalue weighted by Gasteiger charge is -2.13. The van der Waals surface area contributed by atoms with Crippen molar-refractivity contribution in [1.82, 2.24) is 0 Å². The van der Waals surface area contributed by atoms with Crippen molar-refractivity contribution >= 4 is 29.2 Å². The van der Waals surface area contributed by atoms with Gasteiger partial charge in [-0.2, -0.15) is 13.2 Å². The van der Waals surface area contributed by atoms with E-state index >= 15 is 0 Å². The van der Waals surface area contributed by atoms with Crippen LogP contribution in [-0.2, 0) is 9.59 Å². The number of carbonyl (C=O) groups excluding carboxylic acids is 1. The van der Waals surface area contributed by atoms with Gasteiger partial charge in [0.05, 0.1) is 5.69 Å². The van der Waals surface area contributed by atoms with Crippen molar-refractivity contribution in [3.8, 4) is 5.75 Å². The molecule has 0 radical (unpaired) electrons. The van der Waals surface area contributed by atoms with Crippen molar-refractivity contribution in [2.75, 3.05) is 11.9 Å². The van der Waals surface area contributed by atoms with E-state index in [9.17, 15) is 22.8 Å². The number of hydrogen-bond donors (Lipinski definition) is 2. The van der Waals surface area contributed by atoms with Crippen molar-refractivity contribution in [2.24, 2.45) is 0 Å². The van der Waals surface area contributed by atoms with Gasteiger partial charge in [0.25, 0.3) is 0 Å². The van der Waals surface area contributed by atoms with Crippen molar-refractivity contribution in [1.29, 1.82) is 0 Å². The topological polar surface area (TPSA) is 75.6 Å². The Bertz CT molecular complexity index is 504. The number of carboxylic acids is 1. The highest BCUT2D eigenvalue weighted by molar-refractivity contribution is 6.37. The van der Waals surface area contributed by atoms with Gasteiger partial charge in [-0.1, -0.05) is 11.6 Å². The van der Waals surface area contributed by atoms with Gasteiger partial charge in [0.2, 0.25) is 0 Å². The summed E-state index contributed by atoms with van der Waals surface area (Å²) < 4.78 is 40.5. The highest BCUT2D eigenvalue weighted by atomic mass is 35.5. The molecule has 19 heavy (non-hydrogen) atoms. The largest absolute Gasteiger partial charge is 0.482 e. The van der Waals surface area contributed by atoms with Crippen LogP contribution in [0.1, 0.15) is 0 Å². The maximum Gasteiger partial charge on any atom is 0.422 e. The Morgan fingerprint density at radius 3 is 2.53 bits per heavy atom. The molecule has 5 nitrogen and oxygen atoms in total. The van der Waals surface area contributed by atoms with Crippen LogP contribution >= 0.6 is 11.6 Å². The molecular weight excluding hydrogens is 291 g/mol. The van der Waals surface area contributed by atoms with Gasteiger partial charge in [-0.05, 0) is 18.2 Å². The van der Waals surface area contributed by atoms with Crippen LogP contribution in [0.2, 0.25) is 5.02 Å². The van der Waals surface area contributed by atoms with Gasteiger partial charge in [0.15, 0.2) is 6.61 Å². The molecule has 1 amide bonds. The molecule has 0 aliphatic rings. The van der Waals surface area contributed by atoms with Crippen LogP contribution in [0.15, 0.2) is 18.2 Å². The normalized spacial score (nSPS) is 10.9. The summed E-state index contributed by atoms with van der Waals surface area (Å²) in [6, 6.07) is 3.41. The minimum Gasteiger partial charge on any atom is -0.482 e. The fourth-order valence-corrected chi connectivity index (χ4v) is 1.23. The van der Waals surface area contributed by atoms with Crippen LogP contribution in [0.5, 0.6) is 5.75 Å². The van der Waals surface area contributed by atoms with Crippen LogP contribution in [0.25, 0.3) is 0 Å². The van der Waals surface area contributed by atoms with Gasteiger partial charge in [-0.15, -0.1) is 0 Å². The van der Waals surface area contributed by atoms with Crippen molar-refractivity contribution in [2.45, 2.75) is 6.18 Å². The van der Waals surface area contributed by atoms with Gasteiger partial charge < -0.3 is 15.2 Å². The van der Waals surface area contributed by atoms with E-state index in [4.69, 9.17) is 16.7 Å². The Labute approximate surface area is 109 Å². The maximum atomic E-state index is 12.0. The van der Waals surface area contributed by atoms with E-state index < -0.39 is 24.7 Å². The number of rotatable bonds is 3. The molecule has 0 aromatic heterocycles. The SMILES string of the molecule is O=C(O)C(=O)Nc1cc(Cl)ccc1OCC(F)(F)F. The van der Waals surface area contributed by atoms with Gasteiger partial charge >= 0.3 is 18.1 Å². The predicted octanol–water partition coefficient (Wildman–Crippen LogP) is 2.30. The summed E-state index contributed by atoms with van der Waals surface area (Å²) in [4.78, 5) is 21.3. The second-order valence-corrected chi connectivity index (χ2v) is 3.74. The molecule has 1 rings (SSSR count). The number of ether oxygens (including phenoxy) is 1. The maximum absolute atomic E-state index is 12.0. The number of amides is 1. The van der Waals surface area contributed by atoms with Crippen LogP contribution in [0, 0.1) is 0 Å². The first-order valence-electron chi connectivity index (χ1n) is 4.72. The van der Waals surface area contributed by atoms with E-state index in [0.717, 1.165) is 12.1 Å². The third-order valence-corrected chi connectivity index (χ3v) is 2.01. The number of hydrogen-bond acceptors (Lipinski definition) is 3. The summed E-state index contributed by atoms with van der Waals surface area (Å²) in [6.45, 7) is -1.58. The third-order valence-electron chi connectivity index (χ3n) is 1.78. The van der Waals surface area contributed by atoms with Crippen LogP contribution in [0.4, 0.5) is 18.9 Å². The summed E-state index contributed by atoms with van der Waals surface area (Å²) in [5.74, 6) is -3.54. The molecular formula is C10H7ClF3NO4. The van der Waals surface area contributed by atoms with Gasteiger partial charge in [0, 0.05) is 5.02 Å². The molecule has 2 N–H and O–H groups in total. The van der Waals surface area contributed by atoms with E-state index in [1.807, 2.05) is 5.32 Å². The molecule has 0 unspecified atom stereocenters. The van der Waals surface area contributed by atoms with E-state index in [1.165, 1.54) is 6.07 Å². The number of aliphatic carboxylic acids is 1. The zero-order valence-corrected chi connectivity index (χ0v) is 9.88. The average Bonchev–Trinajstić information content (AvgIpc) is 2.26. The first-order chi connectivity index (χ1) is 8.69. The minimum absolute atomic E-state index is 0.0973. The number of halogens is 4. The molecule has 0 bridgehead atoms.